The van der Waals surface area contributed by atoms with Gasteiger partial charge in [-0.15, -0.1) is 0 Å². The van der Waals surface area contributed by atoms with E-state index in [9.17, 15) is 26.4 Å². The number of Topliss-reactive ketones (excluding diaryl/α,β-unsaturated/α-hetero) is 1. The number of hydrogen-bond donors (Lipinski definition) is 1. The molecule has 1 aromatic heterocycles. The van der Waals surface area contributed by atoms with Gasteiger partial charge < -0.3 is 9.72 Å². The molecule has 1 N–H and O–H groups in total. The molecular weight excluding hydrogens is 469 g/mol. The lowest BCUT2D eigenvalue weighted by Crippen LogP contribution is -2.40. The topological polar surface area (TPSA) is 79.5 Å². The highest BCUT2D eigenvalue weighted by molar-refractivity contribution is 7.89. The molecule has 0 unspecified atom stereocenters. The molecular formula is C24H23F3N2O4S. The van der Waals surface area contributed by atoms with Gasteiger partial charge >= 0.3 is 6.18 Å². The Balaban J connectivity index is 1.83. The number of sulfonamides is 1. The molecule has 10 heteroatoms. The first-order chi connectivity index (χ1) is 16.1. The predicted molar refractivity (Wildman–Crippen MR) is 120 cm³/mol. The fourth-order valence-corrected chi connectivity index (χ4v) is 5.75. The molecule has 1 fully saturated rings. The Morgan fingerprint density at radius 3 is 2.29 bits per heavy atom. The van der Waals surface area contributed by atoms with Crippen LogP contribution in [-0.2, 0) is 21.2 Å². The van der Waals surface area contributed by atoms with Crippen molar-refractivity contribution >= 4 is 15.8 Å². The highest BCUT2D eigenvalue weighted by Gasteiger charge is 2.43. The number of nitrogens with one attached hydrogen (secondary N) is 1. The molecule has 3 aromatic rings. The van der Waals surface area contributed by atoms with E-state index in [4.69, 9.17) is 4.74 Å². The summed E-state index contributed by atoms with van der Waals surface area (Å²) in [7, 11) is -3.90. The highest BCUT2D eigenvalue weighted by Crippen LogP contribution is 2.35. The first-order valence-electron chi connectivity index (χ1n) is 10.6. The molecule has 34 heavy (non-hydrogen) atoms. The van der Waals surface area contributed by atoms with Gasteiger partial charge in [0.1, 0.15) is 0 Å². The number of carbonyl (C=O) groups excluding carboxylic acids is 1. The number of aromatic nitrogens is 1. The van der Waals surface area contributed by atoms with Crippen LogP contribution in [-0.4, -0.2) is 56.0 Å². The van der Waals surface area contributed by atoms with Gasteiger partial charge in [0.15, 0.2) is 0 Å². The maximum Gasteiger partial charge on any atom is 0.454 e. The highest BCUT2D eigenvalue weighted by atomic mass is 32.2. The summed E-state index contributed by atoms with van der Waals surface area (Å²) >= 11 is 0. The SMILES string of the molecule is Cc1[nH]c(-c2ccccc2)c(C(=O)C(F)(F)F)c1Cc1ccccc1S(=O)(=O)N1CCOCC1. The van der Waals surface area contributed by atoms with Crippen molar-refractivity contribution < 1.29 is 31.1 Å². The zero-order chi connectivity index (χ0) is 24.5. The lowest BCUT2D eigenvalue weighted by molar-refractivity contribution is -0.0885. The Morgan fingerprint density at radius 1 is 1.03 bits per heavy atom. The minimum Gasteiger partial charge on any atom is -0.379 e. The summed E-state index contributed by atoms with van der Waals surface area (Å²) in [6, 6.07) is 14.5. The van der Waals surface area contributed by atoms with E-state index in [1.807, 2.05) is 0 Å². The lowest BCUT2D eigenvalue weighted by atomic mass is 9.95. The van der Waals surface area contributed by atoms with Crippen LogP contribution in [0.3, 0.4) is 0 Å². The minimum absolute atomic E-state index is 0.00386. The zero-order valence-corrected chi connectivity index (χ0v) is 19.2. The molecule has 2 aromatic carbocycles. The summed E-state index contributed by atoms with van der Waals surface area (Å²) < 4.78 is 73.9. The molecule has 0 amide bonds. The Hall–Kier alpha value is -2.95. The molecule has 0 saturated carbocycles. The molecule has 0 aliphatic carbocycles. The van der Waals surface area contributed by atoms with Crippen molar-refractivity contribution in [3.8, 4) is 11.3 Å². The van der Waals surface area contributed by atoms with Crippen LogP contribution in [0.4, 0.5) is 13.2 Å². The normalized spacial score (nSPS) is 15.4. The number of carbonyl (C=O) groups is 1. The van der Waals surface area contributed by atoms with Crippen LogP contribution in [0, 0.1) is 6.92 Å². The third-order valence-electron chi connectivity index (χ3n) is 5.79. The maximum absolute atomic E-state index is 13.6. The second-order valence-corrected chi connectivity index (χ2v) is 9.88. The van der Waals surface area contributed by atoms with Gasteiger partial charge in [-0.25, -0.2) is 8.42 Å². The van der Waals surface area contributed by atoms with E-state index in [1.54, 1.807) is 55.5 Å². The summed E-state index contributed by atoms with van der Waals surface area (Å²) in [5.74, 6) is -1.97. The smallest absolute Gasteiger partial charge is 0.379 e. The molecule has 0 spiro atoms. The van der Waals surface area contributed by atoms with Crippen molar-refractivity contribution in [3.05, 3.63) is 77.0 Å². The third kappa shape index (κ3) is 4.66. The summed E-state index contributed by atoms with van der Waals surface area (Å²) in [6.45, 7) is 2.49. The summed E-state index contributed by atoms with van der Waals surface area (Å²) in [5.41, 5.74) is 0.792. The molecule has 4 rings (SSSR count). The standard InChI is InChI=1S/C24H23F3N2O4S/c1-16-19(21(23(30)24(25,26)27)22(28-16)17-7-3-2-4-8-17)15-18-9-5-6-10-20(18)34(31,32)29-11-13-33-14-12-29/h2-10,28H,11-15H2,1H3. The fourth-order valence-electron chi connectivity index (χ4n) is 4.12. The second kappa shape index (κ2) is 9.36. The molecule has 2 heterocycles. The number of H-pyrrole nitrogens is 1. The van der Waals surface area contributed by atoms with Crippen molar-refractivity contribution in [3.63, 3.8) is 0 Å². The van der Waals surface area contributed by atoms with Crippen LogP contribution in [0.1, 0.15) is 27.2 Å². The number of benzene rings is 2. The van der Waals surface area contributed by atoms with Crippen LogP contribution in [0.5, 0.6) is 0 Å². The molecule has 0 bridgehead atoms. The van der Waals surface area contributed by atoms with Crippen LogP contribution in [0.15, 0.2) is 59.5 Å². The van der Waals surface area contributed by atoms with Crippen LogP contribution in [0.25, 0.3) is 11.3 Å². The predicted octanol–water partition coefficient (Wildman–Crippen LogP) is 4.35. The third-order valence-corrected chi connectivity index (χ3v) is 7.79. The van der Waals surface area contributed by atoms with Crippen LogP contribution >= 0.6 is 0 Å². The van der Waals surface area contributed by atoms with Crippen molar-refractivity contribution in [2.24, 2.45) is 0 Å². The van der Waals surface area contributed by atoms with Gasteiger partial charge in [-0.3, -0.25) is 4.79 Å². The van der Waals surface area contributed by atoms with Gasteiger partial charge in [-0.05, 0) is 29.7 Å². The number of alkyl halides is 3. The average Bonchev–Trinajstić information content (AvgIpc) is 3.15. The number of nitrogens with zero attached hydrogens (tertiary/aromatic N) is 1. The molecule has 180 valence electrons. The van der Waals surface area contributed by atoms with E-state index < -0.39 is 27.5 Å². The van der Waals surface area contributed by atoms with Crippen molar-refractivity contribution in [1.82, 2.24) is 9.29 Å². The number of hydrogen-bond acceptors (Lipinski definition) is 4. The Bertz CT molecular complexity index is 1300. The largest absolute Gasteiger partial charge is 0.454 e. The first kappa shape index (κ1) is 24.2. The van der Waals surface area contributed by atoms with E-state index in [1.165, 1.54) is 10.4 Å². The van der Waals surface area contributed by atoms with Crippen LogP contribution in [0.2, 0.25) is 0 Å². The molecule has 0 atom stereocenters. The fraction of sp³-hybridized carbons (Fsp3) is 0.292. The summed E-state index contributed by atoms with van der Waals surface area (Å²) in [6.07, 6.45) is -5.25. The minimum atomic E-state index is -5.09. The molecule has 1 saturated heterocycles. The second-order valence-electron chi connectivity index (χ2n) is 7.97. The van der Waals surface area contributed by atoms with Gasteiger partial charge in [0, 0.05) is 25.2 Å². The zero-order valence-electron chi connectivity index (χ0n) is 18.4. The quantitative estimate of drug-likeness (QED) is 0.519. The molecule has 1 aliphatic rings. The number of halogens is 3. The average molecular weight is 493 g/mol. The van der Waals surface area contributed by atoms with Crippen molar-refractivity contribution in [2.45, 2.75) is 24.4 Å². The molecule has 6 nitrogen and oxygen atoms in total. The molecule has 0 radical (unpaired) electrons. The summed E-state index contributed by atoms with van der Waals surface area (Å²) in [4.78, 5) is 15.5. The lowest BCUT2D eigenvalue weighted by Gasteiger charge is -2.27. The van der Waals surface area contributed by atoms with E-state index in [0.717, 1.165) is 0 Å². The van der Waals surface area contributed by atoms with E-state index in [2.05, 4.69) is 4.98 Å². The van der Waals surface area contributed by atoms with E-state index in [0.29, 0.717) is 16.8 Å². The van der Waals surface area contributed by atoms with E-state index in [-0.39, 0.29) is 48.9 Å². The number of aromatic amines is 1. The van der Waals surface area contributed by atoms with Crippen molar-refractivity contribution in [1.29, 1.82) is 0 Å². The number of ketones is 1. The van der Waals surface area contributed by atoms with Crippen LogP contribution < -0.4 is 0 Å². The van der Waals surface area contributed by atoms with E-state index >= 15 is 0 Å². The van der Waals surface area contributed by atoms with Gasteiger partial charge in [0.05, 0.1) is 29.4 Å². The van der Waals surface area contributed by atoms with Gasteiger partial charge in [-0.1, -0.05) is 48.5 Å². The van der Waals surface area contributed by atoms with Gasteiger partial charge in [0.25, 0.3) is 5.78 Å². The number of rotatable bonds is 6. The number of aryl methyl sites for hydroxylation is 1. The Morgan fingerprint density at radius 2 is 1.65 bits per heavy atom. The van der Waals surface area contributed by atoms with Gasteiger partial charge in [0.2, 0.25) is 10.0 Å². The number of ether oxygens (including phenoxy) is 1. The maximum atomic E-state index is 13.6. The number of morpholine rings is 1. The first-order valence-corrected chi connectivity index (χ1v) is 12.1. The molecule has 1 aliphatic heterocycles. The Kier molecular flexibility index (Phi) is 6.66. The van der Waals surface area contributed by atoms with Gasteiger partial charge in [-0.2, -0.15) is 17.5 Å². The van der Waals surface area contributed by atoms with Crippen molar-refractivity contribution in [2.75, 3.05) is 26.3 Å². The monoisotopic (exact) mass is 492 g/mol. The Labute approximate surface area is 195 Å². The summed E-state index contributed by atoms with van der Waals surface area (Å²) in [5, 5.41) is 0.